The Morgan fingerprint density at radius 1 is 0.559 bits per heavy atom. The first-order chi connectivity index (χ1) is 52.7. The molecule has 0 aromatic heterocycles. The zero-order valence-corrected chi connectivity index (χ0v) is 76.1. The molecule has 3 N–H and O–H groups in total. The molecule has 12 atom stereocenters. The highest BCUT2D eigenvalue weighted by Gasteiger charge is 2.72. The van der Waals surface area contributed by atoms with Crippen molar-refractivity contribution in [2.24, 2.45) is 45.3 Å². The summed E-state index contributed by atoms with van der Waals surface area (Å²) in [5.74, 6) is 0.223. The number of hydrogen-bond acceptors (Lipinski definition) is 8. The average molecular weight is 1760 g/mol. The van der Waals surface area contributed by atoms with Gasteiger partial charge in [-0.15, -0.1) is 0 Å². The number of fused-ring (bicyclic) bond motifs is 2. The Morgan fingerprint density at radius 2 is 1.00 bits per heavy atom. The SMILES string of the molecule is C.C.C=C1/C(=C\C=C2/CCC[C@@]3(C)C2CCC3C(C)(C/C=C\C(O)(C(F)(F)F)C(F)(F)F)CCCC(C)(C)O)C[C@@H](O)C[C@@H]1F.C=C1/C(=C\CP(=O)(c2ccccc2)c2ccccc2)C[C@@H](O[Si](C)(C)C(C)(C)C)C[C@@H]1F.CC(C)(CCCC(C)(C/C=C\C(O[Si](C)(C)C)(C(F)(F)F)C(F)(F)F)C1CCC2C(=O)CCC[C@@]21C)O[Si](C)(C)C. The second kappa shape index (κ2) is 39.7. The van der Waals surface area contributed by atoms with Crippen LogP contribution in [0.3, 0.4) is 0 Å². The molecule has 2 aromatic rings. The molecule has 0 bridgehead atoms. The first kappa shape index (κ1) is 106. The molecule has 0 heterocycles. The number of ketones is 1. The number of rotatable bonds is 27. The second-order valence-electron chi connectivity index (χ2n) is 40.0. The minimum absolute atomic E-state index is 0. The maximum atomic E-state index is 14.9. The molecule has 0 aliphatic heterocycles. The van der Waals surface area contributed by atoms with Crippen LogP contribution in [0.4, 0.5) is 61.5 Å². The lowest BCUT2D eigenvalue weighted by Gasteiger charge is -2.49. The van der Waals surface area contributed by atoms with Gasteiger partial charge in [0.25, 0.3) is 11.2 Å². The lowest BCUT2D eigenvalue weighted by molar-refractivity contribution is -0.347. The average Bonchev–Trinajstić information content (AvgIpc) is 1.51. The molecule has 0 amide bonds. The Morgan fingerprint density at radius 3 is 1.46 bits per heavy atom. The van der Waals surface area contributed by atoms with Crippen LogP contribution in [0.2, 0.25) is 57.4 Å². The van der Waals surface area contributed by atoms with Crippen molar-refractivity contribution in [1.82, 2.24) is 0 Å². The molecule has 0 spiro atoms. The lowest BCUT2D eigenvalue weighted by atomic mass is 9.55. The summed E-state index contributed by atoms with van der Waals surface area (Å²) >= 11 is 0. The molecule has 6 fully saturated rings. The zero-order valence-electron chi connectivity index (χ0n) is 72.2. The number of hydrogen-bond donors (Lipinski definition) is 3. The maximum absolute atomic E-state index is 14.9. The van der Waals surface area contributed by atoms with Gasteiger partial charge in [0.1, 0.15) is 25.3 Å². The molecule has 8 rings (SSSR count). The van der Waals surface area contributed by atoms with Crippen LogP contribution in [-0.4, -0.2) is 124 Å². The van der Waals surface area contributed by atoms with Crippen molar-refractivity contribution in [3.05, 3.63) is 144 Å². The molecule has 6 unspecified atom stereocenters. The number of benzene rings is 2. The minimum Gasteiger partial charge on any atom is -0.413 e. The highest BCUT2D eigenvalue weighted by Crippen LogP contribution is 2.65. The third-order valence-corrected chi connectivity index (χ3v) is 35.9. The molecule has 8 nitrogen and oxygen atoms in total. The summed E-state index contributed by atoms with van der Waals surface area (Å²) in [6.45, 7) is 44.7. The summed E-state index contributed by atoms with van der Waals surface area (Å²) in [6.07, 6.45) is -6.13. The van der Waals surface area contributed by atoms with Gasteiger partial charge in [-0.2, -0.15) is 52.7 Å². The van der Waals surface area contributed by atoms with Crippen molar-refractivity contribution >= 4 is 48.5 Å². The summed E-state index contributed by atoms with van der Waals surface area (Å²) in [5.41, 5.74) is -9.01. The van der Waals surface area contributed by atoms with Crippen molar-refractivity contribution in [2.75, 3.05) is 6.16 Å². The zero-order chi connectivity index (χ0) is 88.1. The first-order valence-electron chi connectivity index (χ1n) is 41.5. The summed E-state index contributed by atoms with van der Waals surface area (Å²) < 4.78 is 227. The van der Waals surface area contributed by atoms with Crippen LogP contribution in [0.15, 0.2) is 144 Å². The van der Waals surface area contributed by atoms with Crippen molar-refractivity contribution in [1.29, 1.82) is 0 Å². The van der Waals surface area contributed by atoms with Crippen LogP contribution in [0.1, 0.15) is 232 Å². The molecule has 6 saturated carbocycles. The normalized spacial score (nSPS) is 27.2. The number of aliphatic hydroxyl groups is 3. The van der Waals surface area contributed by atoms with Crippen LogP contribution in [0, 0.1) is 45.3 Å². The molecule has 6 aliphatic carbocycles. The van der Waals surface area contributed by atoms with E-state index < -0.39 is 108 Å². The fourth-order valence-corrected chi connectivity index (χ4v) is 26.5. The van der Waals surface area contributed by atoms with Gasteiger partial charge in [-0.25, -0.2) is 8.78 Å². The van der Waals surface area contributed by atoms with Gasteiger partial charge in [0.15, 0.2) is 25.0 Å². The Bertz CT molecular complexity index is 3770. The van der Waals surface area contributed by atoms with Crippen LogP contribution in [0.5, 0.6) is 0 Å². The Hall–Kier alpha value is -4.05. The molecule has 26 heteroatoms. The summed E-state index contributed by atoms with van der Waals surface area (Å²) in [6, 6.07) is 19.2. The molecule has 0 saturated heterocycles. The van der Waals surface area contributed by atoms with Gasteiger partial charge in [0.2, 0.25) is 0 Å². The van der Waals surface area contributed by atoms with E-state index in [1.54, 1.807) is 13.8 Å². The van der Waals surface area contributed by atoms with E-state index in [-0.39, 0.29) is 97.7 Å². The van der Waals surface area contributed by atoms with E-state index >= 15 is 0 Å². The van der Waals surface area contributed by atoms with Crippen molar-refractivity contribution in [2.45, 2.75) is 361 Å². The Balaban J connectivity index is 0.000000373. The number of carbonyl (C=O) groups excluding carboxylic acids is 1. The van der Waals surface area contributed by atoms with Gasteiger partial charge in [-0.05, 0) is 268 Å². The van der Waals surface area contributed by atoms with Gasteiger partial charge in [-0.1, -0.05) is 186 Å². The van der Waals surface area contributed by atoms with E-state index in [2.05, 4.69) is 80.5 Å². The fraction of sp³-hybridized carbons (Fsp3) is 0.707. The second-order valence-corrected chi connectivity index (χ2v) is 56.5. The maximum Gasteiger partial charge on any atom is 0.429 e. The Kier molecular flexibility index (Phi) is 35.7. The standard InChI is InChI=1S/C33H47F7O3.C30H52F6O3Si2.C27H36FO2PSi.2CH4/c1-21-23(19-24(41)20-26(21)34)11-10-22-9-6-17-30(5)25(22)12-13-27(30)29(4,15-7-14-28(2,3)42)16-8-18-31(43,32(35,36)37)33(38,39)40;1-25(2,38-40(5,6)7)17-12-18-26(3,24-16-15-22-23(37)14-11-20-27(22,24)4)19-13-21-28(29(31,32)33,30(34,35)36)39-41(8,9)10;1-21-22(19-23(20-26(21)28)30-32(5,6)27(2,3)4)17-18-31(29,24-13-9-7-10-14-24)25-15-11-8-12-16-25;;/h8,10-11,18,24-27,41-43H,1,6-7,9,12-17,19-20H2,2-5H3;13,21-22,24H,11-12,14-20H2,1-10H3;7-17,23,26H,1,18-20H2,2-6H3;2*1H4/b18-8-,22-10+,23-11-;21-13-;22-17-;;/t24-,25?,26+,27?,29?,30+;22?,24?,26?,27-;23-,26+;;/m101../s1. The van der Waals surface area contributed by atoms with E-state index in [0.29, 0.717) is 80.7 Å². The van der Waals surface area contributed by atoms with Gasteiger partial charge >= 0.3 is 24.7 Å². The smallest absolute Gasteiger partial charge is 0.413 e. The quantitative estimate of drug-likeness (QED) is 0.0350. The predicted octanol–water partition coefficient (Wildman–Crippen LogP) is 27.4. The van der Waals surface area contributed by atoms with Crippen molar-refractivity contribution in [3.8, 4) is 0 Å². The first-order valence-corrected chi connectivity index (χ1v) is 53.1. The summed E-state index contributed by atoms with van der Waals surface area (Å²) in [5, 5.41) is 31.7. The largest absolute Gasteiger partial charge is 0.429 e. The minimum atomic E-state index is -5.93. The van der Waals surface area contributed by atoms with Gasteiger partial charge in [0.05, 0.1) is 23.4 Å². The highest BCUT2D eigenvalue weighted by atomic mass is 31.2. The number of Topliss-reactive ketones (excluding diaryl/α,β-unsaturated/α-hetero) is 1. The molecular weight excluding hydrogens is 1610 g/mol. The third kappa shape index (κ3) is 26.3. The van der Waals surface area contributed by atoms with E-state index in [4.69, 9.17) is 13.3 Å². The summed E-state index contributed by atoms with van der Waals surface area (Å²) in [7, 11) is -10.0. The Labute approximate surface area is 701 Å². The third-order valence-electron chi connectivity index (χ3n) is 26.4. The number of carbonyl (C=O) groups is 1. The van der Waals surface area contributed by atoms with E-state index in [1.165, 1.54) is 25.2 Å². The van der Waals surface area contributed by atoms with Crippen molar-refractivity contribution in [3.63, 3.8) is 0 Å². The van der Waals surface area contributed by atoms with Crippen LogP contribution in [0.25, 0.3) is 0 Å². The van der Waals surface area contributed by atoms with Crippen LogP contribution >= 0.6 is 7.14 Å². The van der Waals surface area contributed by atoms with Gasteiger partial charge < -0.3 is 33.2 Å². The molecule has 118 heavy (non-hydrogen) atoms. The molecule has 6 aliphatic rings. The molecule has 0 radical (unpaired) electrons. The van der Waals surface area contributed by atoms with E-state index in [0.717, 1.165) is 92.5 Å². The van der Waals surface area contributed by atoms with Gasteiger partial charge in [0, 0.05) is 42.0 Å². The lowest BCUT2D eigenvalue weighted by Crippen LogP contribution is -2.61. The van der Waals surface area contributed by atoms with Crippen LogP contribution in [-0.2, 0) is 22.6 Å². The molecule has 674 valence electrons. The predicted molar refractivity (Wildman–Crippen MR) is 461 cm³/mol. The highest BCUT2D eigenvalue weighted by molar-refractivity contribution is 7.78. The number of alkyl halides is 14. The monoisotopic (exact) mass is 1760 g/mol. The number of allylic oxidation sites excluding steroid dienone is 8. The summed E-state index contributed by atoms with van der Waals surface area (Å²) in [4.78, 5) is 12.8. The number of halogens is 14. The number of aliphatic hydroxyl groups excluding tert-OH is 1. The topological polar surface area (TPSA) is 123 Å². The van der Waals surface area contributed by atoms with E-state index in [1.807, 2.05) is 107 Å². The van der Waals surface area contributed by atoms with Gasteiger partial charge in [-0.3, -0.25) is 4.79 Å². The fourth-order valence-electron chi connectivity index (χ4n) is 19.6. The molecule has 2 aromatic carbocycles. The van der Waals surface area contributed by atoms with Crippen LogP contribution < -0.4 is 10.6 Å². The van der Waals surface area contributed by atoms with E-state index in [9.17, 15) is 86.1 Å². The van der Waals surface area contributed by atoms with Crippen molar-refractivity contribution < 1.29 is 99.4 Å². The molecular formula is C92H143F14O8PSi3.